The van der Waals surface area contributed by atoms with E-state index in [9.17, 15) is 0 Å². The first-order valence-electron chi connectivity index (χ1n) is 9.18. The highest BCUT2D eigenvalue weighted by Crippen LogP contribution is 2.47. The van der Waals surface area contributed by atoms with Gasteiger partial charge in [0.2, 0.25) is 5.95 Å². The topological polar surface area (TPSA) is 82.2 Å². The molecule has 1 aliphatic carbocycles. The summed E-state index contributed by atoms with van der Waals surface area (Å²) in [5, 5.41) is 16.3. The van der Waals surface area contributed by atoms with Gasteiger partial charge in [-0.1, -0.05) is 11.3 Å². The molecule has 136 valence electrons. The van der Waals surface area contributed by atoms with Crippen LogP contribution >= 0.6 is 0 Å². The molecule has 0 radical (unpaired) electrons. The van der Waals surface area contributed by atoms with Crippen molar-refractivity contribution in [3.8, 4) is 11.1 Å². The Bertz CT molecular complexity index is 1170. The first-order valence-corrected chi connectivity index (χ1v) is 9.18. The molecular weight excluding hydrogens is 342 g/mol. The first kappa shape index (κ1) is 15.1. The quantitative estimate of drug-likeness (QED) is 0.603. The van der Waals surface area contributed by atoms with Crippen LogP contribution in [0.15, 0.2) is 36.7 Å². The van der Waals surface area contributed by atoms with E-state index in [1.165, 1.54) is 0 Å². The summed E-state index contributed by atoms with van der Waals surface area (Å²) in [5.74, 6) is 0.677. The van der Waals surface area contributed by atoms with Crippen LogP contribution < -0.4 is 5.32 Å². The predicted molar refractivity (Wildman–Crippen MR) is 100 cm³/mol. The summed E-state index contributed by atoms with van der Waals surface area (Å²) >= 11 is 0. The normalized spacial score (nSPS) is 18.7. The van der Waals surface area contributed by atoms with Crippen molar-refractivity contribution in [1.29, 1.82) is 0 Å². The van der Waals surface area contributed by atoms with E-state index >= 15 is 0 Å². The van der Waals surface area contributed by atoms with Crippen LogP contribution in [-0.4, -0.2) is 48.8 Å². The molecule has 1 saturated carbocycles. The average Bonchev–Trinajstić information content (AvgIpc) is 3.19. The molecule has 1 aromatic carbocycles. The number of nitrogens with zero attached hydrogens (tertiary/aromatic N) is 6. The Hall–Kier alpha value is -3.00. The molecule has 4 heterocycles. The molecule has 2 fully saturated rings. The molecule has 1 aliphatic heterocycles. The Kier molecular flexibility index (Phi) is 2.94. The number of aryl methyl sites for hydroxylation is 1. The lowest BCUT2D eigenvalue weighted by molar-refractivity contribution is -0.160. The van der Waals surface area contributed by atoms with E-state index in [2.05, 4.69) is 43.9 Å². The molecule has 1 saturated heterocycles. The molecular formula is C19H19N7O. The third kappa shape index (κ3) is 2.26. The summed E-state index contributed by atoms with van der Waals surface area (Å²) in [4.78, 5) is 4.54. The van der Waals surface area contributed by atoms with E-state index in [1.807, 2.05) is 30.0 Å². The van der Waals surface area contributed by atoms with Gasteiger partial charge in [0.1, 0.15) is 5.52 Å². The van der Waals surface area contributed by atoms with Crippen LogP contribution in [0.25, 0.3) is 27.7 Å². The Labute approximate surface area is 155 Å². The van der Waals surface area contributed by atoms with Crippen LogP contribution in [-0.2, 0) is 11.8 Å². The summed E-state index contributed by atoms with van der Waals surface area (Å²) in [6.07, 6.45) is 6.15. The molecule has 27 heavy (non-hydrogen) atoms. The van der Waals surface area contributed by atoms with Crippen molar-refractivity contribution in [3.63, 3.8) is 0 Å². The van der Waals surface area contributed by atoms with Crippen molar-refractivity contribution in [1.82, 2.24) is 29.6 Å². The summed E-state index contributed by atoms with van der Waals surface area (Å²) in [7, 11) is 1.90. The fourth-order valence-corrected chi connectivity index (χ4v) is 4.31. The average molecular weight is 361 g/mol. The maximum absolute atomic E-state index is 5.34. The molecule has 3 aromatic heterocycles. The van der Waals surface area contributed by atoms with Gasteiger partial charge in [-0.05, 0) is 36.6 Å². The van der Waals surface area contributed by atoms with Crippen molar-refractivity contribution in [2.24, 2.45) is 12.5 Å². The summed E-state index contributed by atoms with van der Waals surface area (Å²) in [6, 6.07) is 8.68. The second kappa shape index (κ2) is 5.26. The largest absolute Gasteiger partial charge is 0.380 e. The molecule has 8 heteroatoms. The third-order valence-corrected chi connectivity index (χ3v) is 5.85. The van der Waals surface area contributed by atoms with Crippen molar-refractivity contribution in [2.75, 3.05) is 18.5 Å². The maximum atomic E-state index is 5.34. The minimum Gasteiger partial charge on any atom is -0.380 e. The van der Waals surface area contributed by atoms with Crippen molar-refractivity contribution in [3.05, 3.63) is 36.7 Å². The molecule has 1 N–H and O–H groups in total. The third-order valence-electron chi connectivity index (χ3n) is 5.85. The van der Waals surface area contributed by atoms with E-state index < -0.39 is 0 Å². The van der Waals surface area contributed by atoms with Crippen LogP contribution in [0.4, 0.5) is 5.95 Å². The number of hydrogen-bond acceptors (Lipinski definition) is 6. The second-order valence-electron chi connectivity index (χ2n) is 7.80. The summed E-state index contributed by atoms with van der Waals surface area (Å²) in [5.41, 5.74) is 5.51. The lowest BCUT2D eigenvalue weighted by atomic mass is 9.64. The highest BCUT2D eigenvalue weighted by atomic mass is 16.5. The van der Waals surface area contributed by atoms with Gasteiger partial charge in [0.25, 0.3) is 0 Å². The molecule has 8 nitrogen and oxygen atoms in total. The fourth-order valence-electron chi connectivity index (χ4n) is 4.31. The fraction of sp³-hybridized carbons (Fsp3) is 0.368. The van der Waals surface area contributed by atoms with Crippen molar-refractivity contribution in [2.45, 2.75) is 18.9 Å². The molecule has 1 spiro atoms. The van der Waals surface area contributed by atoms with Crippen molar-refractivity contribution >= 4 is 22.5 Å². The van der Waals surface area contributed by atoms with E-state index in [4.69, 9.17) is 4.74 Å². The van der Waals surface area contributed by atoms with E-state index in [1.54, 1.807) is 4.68 Å². The number of fused-ring (bicyclic) bond motifs is 2. The van der Waals surface area contributed by atoms with Gasteiger partial charge in [0.05, 0.1) is 30.4 Å². The van der Waals surface area contributed by atoms with Crippen LogP contribution in [0.5, 0.6) is 0 Å². The van der Waals surface area contributed by atoms with Crippen LogP contribution in [0.1, 0.15) is 12.8 Å². The van der Waals surface area contributed by atoms with Gasteiger partial charge in [0.15, 0.2) is 0 Å². The van der Waals surface area contributed by atoms with Gasteiger partial charge >= 0.3 is 0 Å². The molecule has 0 unspecified atom stereocenters. The maximum Gasteiger partial charge on any atom is 0.241 e. The highest BCUT2D eigenvalue weighted by molar-refractivity contribution is 5.87. The Morgan fingerprint density at radius 1 is 1.19 bits per heavy atom. The second-order valence-corrected chi connectivity index (χ2v) is 7.80. The standard InChI is InChI=1S/C19H19N7O/c1-25-16-6-12(2-3-15(16)22-24-25)14-4-5-26-17(14)9-20-18(23-26)21-13-7-19(8-13)10-27-11-19/h2-6,9,13H,7-8,10-11H2,1H3,(H,21,23). The monoisotopic (exact) mass is 361 g/mol. The number of ether oxygens (including phenoxy) is 1. The Morgan fingerprint density at radius 2 is 2.07 bits per heavy atom. The summed E-state index contributed by atoms with van der Waals surface area (Å²) in [6.45, 7) is 1.81. The van der Waals surface area contributed by atoms with E-state index in [0.717, 1.165) is 53.7 Å². The van der Waals surface area contributed by atoms with Crippen molar-refractivity contribution < 1.29 is 4.74 Å². The van der Waals surface area contributed by atoms with Crippen LogP contribution in [0.3, 0.4) is 0 Å². The number of anilines is 1. The Balaban J connectivity index is 1.30. The minimum absolute atomic E-state index is 0.432. The van der Waals surface area contributed by atoms with Gasteiger partial charge in [0, 0.05) is 30.3 Å². The number of aromatic nitrogens is 6. The number of rotatable bonds is 3. The number of benzene rings is 1. The van der Waals surface area contributed by atoms with E-state index in [0.29, 0.717) is 17.4 Å². The molecule has 2 aliphatic rings. The zero-order chi connectivity index (χ0) is 18.0. The van der Waals surface area contributed by atoms with Gasteiger partial charge in [-0.2, -0.15) is 0 Å². The molecule has 0 amide bonds. The summed E-state index contributed by atoms with van der Waals surface area (Å²) < 4.78 is 9.01. The van der Waals surface area contributed by atoms with E-state index in [-0.39, 0.29) is 0 Å². The lowest BCUT2D eigenvalue weighted by Gasteiger charge is -2.53. The lowest BCUT2D eigenvalue weighted by Crippen LogP contribution is -2.56. The predicted octanol–water partition coefficient (Wildman–Crippen LogP) is 2.27. The first-order chi connectivity index (χ1) is 13.2. The molecule has 6 rings (SSSR count). The number of nitrogens with one attached hydrogen (secondary N) is 1. The van der Waals surface area contributed by atoms with Crippen LogP contribution in [0, 0.1) is 5.41 Å². The molecule has 0 bridgehead atoms. The van der Waals surface area contributed by atoms with Gasteiger partial charge in [-0.25, -0.2) is 14.2 Å². The smallest absolute Gasteiger partial charge is 0.241 e. The van der Waals surface area contributed by atoms with Gasteiger partial charge in [-0.15, -0.1) is 10.2 Å². The Morgan fingerprint density at radius 3 is 2.89 bits per heavy atom. The van der Waals surface area contributed by atoms with Crippen LogP contribution in [0.2, 0.25) is 0 Å². The highest BCUT2D eigenvalue weighted by Gasteiger charge is 2.49. The zero-order valence-electron chi connectivity index (χ0n) is 15.0. The van der Waals surface area contributed by atoms with Gasteiger partial charge in [-0.3, -0.25) is 0 Å². The SMILES string of the molecule is Cn1nnc2ccc(-c3ccn4nc(NC5CC6(COC6)C5)ncc34)cc21. The zero-order valence-corrected chi connectivity index (χ0v) is 15.0. The van der Waals surface area contributed by atoms with Gasteiger partial charge < -0.3 is 10.1 Å². The molecule has 4 aromatic rings. The minimum atomic E-state index is 0.432. The molecule has 0 atom stereocenters. The number of hydrogen-bond donors (Lipinski definition) is 1.